The molecule has 1 atom stereocenters. The van der Waals surface area contributed by atoms with E-state index in [9.17, 15) is 9.18 Å². The molecule has 2 aromatic heterocycles. The first-order valence-electron chi connectivity index (χ1n) is 7.71. The molecule has 0 saturated heterocycles. The summed E-state index contributed by atoms with van der Waals surface area (Å²) in [5, 5.41) is 13.1. The molecule has 128 valence electrons. The summed E-state index contributed by atoms with van der Waals surface area (Å²) in [5.74, 6) is -0.512. The number of hydrogen-bond donors (Lipinski definition) is 2. The van der Waals surface area contributed by atoms with Gasteiger partial charge in [0.05, 0.1) is 11.4 Å². The lowest BCUT2D eigenvalue weighted by Crippen LogP contribution is -2.45. The lowest BCUT2D eigenvalue weighted by atomic mass is 10.2. The lowest BCUT2D eigenvalue weighted by molar-refractivity contribution is 0.0900. The summed E-state index contributed by atoms with van der Waals surface area (Å²) in [5.41, 5.74) is 2.07. The molecule has 1 aromatic carbocycles. The Kier molecular flexibility index (Phi) is 4.29. The maximum atomic E-state index is 13.2. The molecule has 1 aliphatic heterocycles. The van der Waals surface area contributed by atoms with Crippen molar-refractivity contribution in [2.24, 2.45) is 0 Å². The van der Waals surface area contributed by atoms with E-state index >= 15 is 0 Å². The topological polar surface area (TPSA) is 59.0 Å². The third-order valence-corrected chi connectivity index (χ3v) is 5.28. The quantitative estimate of drug-likeness (QED) is 0.733. The van der Waals surface area contributed by atoms with Crippen molar-refractivity contribution >= 4 is 28.8 Å². The van der Waals surface area contributed by atoms with E-state index in [0.29, 0.717) is 23.8 Å². The third-order valence-electron chi connectivity index (χ3n) is 4.04. The molecule has 25 heavy (non-hydrogen) atoms. The van der Waals surface area contributed by atoms with Gasteiger partial charge in [-0.25, -0.2) is 9.07 Å². The molecular weight excluding hydrogens is 363 g/mol. The van der Waals surface area contributed by atoms with Gasteiger partial charge in [0.2, 0.25) is 0 Å². The molecule has 0 spiro atoms. The molecule has 4 rings (SSSR count). The number of carbonyl (C=O) groups is 1. The van der Waals surface area contributed by atoms with Crippen LogP contribution in [0.15, 0.2) is 41.8 Å². The lowest BCUT2D eigenvalue weighted by Gasteiger charge is -2.26. The number of rotatable bonds is 4. The van der Waals surface area contributed by atoms with Crippen LogP contribution >= 0.6 is 22.9 Å². The number of benzene rings is 1. The predicted molar refractivity (Wildman–Crippen MR) is 95.2 cm³/mol. The first-order chi connectivity index (χ1) is 12.1. The number of hydrogen-bond acceptors (Lipinski definition) is 4. The minimum Gasteiger partial charge on any atom is -0.347 e. The Hall–Kier alpha value is -2.22. The van der Waals surface area contributed by atoms with E-state index in [2.05, 4.69) is 15.7 Å². The minimum absolute atomic E-state index is 0.145. The van der Waals surface area contributed by atoms with Gasteiger partial charge in [-0.15, -0.1) is 11.3 Å². The van der Waals surface area contributed by atoms with Crippen LogP contribution in [-0.2, 0) is 6.54 Å². The van der Waals surface area contributed by atoms with Crippen LogP contribution in [0.2, 0.25) is 5.02 Å². The number of fused-ring (bicyclic) bond motifs is 1. The van der Waals surface area contributed by atoms with Gasteiger partial charge in [0, 0.05) is 11.6 Å². The average Bonchev–Trinajstić information content (AvgIpc) is 3.25. The molecule has 8 heteroatoms. The SMILES string of the molecule is O=C1NC[C@@H](NCc2ccc(F)cc2Cl)n2nc(-c3cccs3)cc21. The van der Waals surface area contributed by atoms with Crippen LogP contribution in [0.1, 0.15) is 22.2 Å². The highest BCUT2D eigenvalue weighted by molar-refractivity contribution is 7.13. The van der Waals surface area contributed by atoms with Crippen molar-refractivity contribution < 1.29 is 9.18 Å². The summed E-state index contributed by atoms with van der Waals surface area (Å²) in [4.78, 5) is 13.1. The zero-order valence-corrected chi connectivity index (χ0v) is 14.6. The zero-order chi connectivity index (χ0) is 17.4. The second-order valence-electron chi connectivity index (χ2n) is 5.68. The van der Waals surface area contributed by atoms with E-state index in [1.165, 1.54) is 12.1 Å². The molecule has 1 amide bonds. The van der Waals surface area contributed by atoms with Crippen molar-refractivity contribution in [2.75, 3.05) is 6.54 Å². The zero-order valence-electron chi connectivity index (χ0n) is 13.0. The number of aromatic nitrogens is 2. The van der Waals surface area contributed by atoms with Gasteiger partial charge >= 0.3 is 0 Å². The van der Waals surface area contributed by atoms with Crippen LogP contribution in [0.4, 0.5) is 4.39 Å². The van der Waals surface area contributed by atoms with Gasteiger partial charge in [0.1, 0.15) is 23.4 Å². The van der Waals surface area contributed by atoms with E-state index in [4.69, 9.17) is 11.6 Å². The van der Waals surface area contributed by atoms with Crippen molar-refractivity contribution in [1.29, 1.82) is 0 Å². The molecule has 0 aliphatic carbocycles. The minimum atomic E-state index is -0.367. The summed E-state index contributed by atoms with van der Waals surface area (Å²) in [6.07, 6.45) is -0.206. The number of thiophene rings is 1. The molecule has 3 heterocycles. The summed E-state index contributed by atoms with van der Waals surface area (Å²) < 4.78 is 14.9. The fourth-order valence-electron chi connectivity index (χ4n) is 2.76. The molecule has 0 fully saturated rings. The fourth-order valence-corrected chi connectivity index (χ4v) is 3.68. The van der Waals surface area contributed by atoms with Gasteiger partial charge in [-0.1, -0.05) is 23.7 Å². The van der Waals surface area contributed by atoms with Crippen LogP contribution in [0.25, 0.3) is 10.6 Å². The van der Waals surface area contributed by atoms with Crippen molar-refractivity contribution in [3.8, 4) is 10.6 Å². The third kappa shape index (κ3) is 3.18. The summed E-state index contributed by atoms with van der Waals surface area (Å²) >= 11 is 7.65. The molecular formula is C17H14ClFN4OS. The van der Waals surface area contributed by atoms with Crippen molar-refractivity contribution in [1.82, 2.24) is 20.4 Å². The second kappa shape index (κ2) is 6.59. The number of carbonyl (C=O) groups excluding carboxylic acids is 1. The standard InChI is InChI=1S/C17H14ClFN4OS/c18-12-6-11(19)4-3-10(12)8-20-16-9-21-17(24)14-7-13(22-23(14)16)15-2-1-5-25-15/h1-7,16,20H,8-9H2,(H,21,24)/t16-/m0/s1. The highest BCUT2D eigenvalue weighted by Gasteiger charge is 2.27. The van der Waals surface area contributed by atoms with Crippen molar-refractivity contribution in [3.05, 3.63) is 63.9 Å². The highest BCUT2D eigenvalue weighted by Crippen LogP contribution is 2.26. The predicted octanol–water partition coefficient (Wildman–Crippen LogP) is 3.44. The molecule has 0 bridgehead atoms. The van der Waals surface area contributed by atoms with Crippen LogP contribution in [0, 0.1) is 5.82 Å². The largest absolute Gasteiger partial charge is 0.347 e. The van der Waals surface area contributed by atoms with Crippen molar-refractivity contribution in [2.45, 2.75) is 12.7 Å². The van der Waals surface area contributed by atoms with Crippen molar-refractivity contribution in [3.63, 3.8) is 0 Å². The fraction of sp³-hybridized carbons (Fsp3) is 0.176. The molecule has 3 aromatic rings. The second-order valence-corrected chi connectivity index (χ2v) is 7.03. The Bertz CT molecular complexity index is 925. The molecule has 5 nitrogen and oxygen atoms in total. The van der Waals surface area contributed by atoms with E-state index in [0.717, 1.165) is 16.1 Å². The van der Waals surface area contributed by atoms with Gasteiger partial charge in [-0.2, -0.15) is 5.10 Å². The van der Waals surface area contributed by atoms with E-state index in [1.54, 1.807) is 28.2 Å². The number of halogens is 2. The monoisotopic (exact) mass is 376 g/mol. The number of amides is 1. The maximum absolute atomic E-state index is 13.2. The maximum Gasteiger partial charge on any atom is 0.269 e. The Morgan fingerprint density at radius 2 is 2.28 bits per heavy atom. The Morgan fingerprint density at radius 1 is 1.40 bits per heavy atom. The van der Waals surface area contributed by atoms with Gasteiger partial charge in [-0.05, 0) is 35.2 Å². The molecule has 0 unspecified atom stereocenters. The average molecular weight is 377 g/mol. The van der Waals surface area contributed by atoms with Gasteiger partial charge in [-0.3, -0.25) is 10.1 Å². The Morgan fingerprint density at radius 3 is 3.04 bits per heavy atom. The highest BCUT2D eigenvalue weighted by atomic mass is 35.5. The van der Waals surface area contributed by atoms with Crippen LogP contribution < -0.4 is 10.6 Å². The van der Waals surface area contributed by atoms with E-state index < -0.39 is 0 Å². The number of nitrogens with zero attached hydrogens (tertiary/aromatic N) is 2. The van der Waals surface area contributed by atoms with Gasteiger partial charge in [0.25, 0.3) is 5.91 Å². The van der Waals surface area contributed by atoms with E-state index in [1.807, 2.05) is 17.5 Å². The molecule has 0 saturated carbocycles. The Labute approximate surface area is 152 Å². The Balaban J connectivity index is 1.58. The first kappa shape index (κ1) is 16.3. The molecule has 0 radical (unpaired) electrons. The van der Waals surface area contributed by atoms with Gasteiger partial charge in [0.15, 0.2) is 0 Å². The summed E-state index contributed by atoms with van der Waals surface area (Å²) in [6.45, 7) is 0.851. The van der Waals surface area contributed by atoms with E-state index in [-0.39, 0.29) is 17.9 Å². The summed E-state index contributed by atoms with van der Waals surface area (Å²) in [7, 11) is 0. The van der Waals surface area contributed by atoms with Gasteiger partial charge < -0.3 is 5.32 Å². The molecule has 1 aliphatic rings. The van der Waals surface area contributed by atoms with Crippen LogP contribution in [0.5, 0.6) is 0 Å². The summed E-state index contributed by atoms with van der Waals surface area (Å²) in [6, 6.07) is 10.0. The number of nitrogens with one attached hydrogen (secondary N) is 2. The normalized spacial score (nSPS) is 16.6. The van der Waals surface area contributed by atoms with Crippen LogP contribution in [-0.4, -0.2) is 22.2 Å². The van der Waals surface area contributed by atoms with Crippen LogP contribution in [0.3, 0.4) is 0 Å². The smallest absolute Gasteiger partial charge is 0.269 e. The molecule has 2 N–H and O–H groups in total. The first-order valence-corrected chi connectivity index (χ1v) is 8.96.